The number of para-hydroxylation sites is 1. The van der Waals surface area contributed by atoms with E-state index in [1.165, 1.54) is 0 Å². The molecule has 0 amide bonds. The lowest BCUT2D eigenvalue weighted by molar-refractivity contribution is 0.404. The smallest absolute Gasteiger partial charge is 0.154 e. The lowest BCUT2D eigenvalue weighted by Gasteiger charge is -2.10. The predicted molar refractivity (Wildman–Crippen MR) is 76.0 cm³/mol. The Labute approximate surface area is 115 Å². The number of hydrogen-bond acceptors (Lipinski definition) is 3. The van der Waals surface area contributed by atoms with Gasteiger partial charge in [-0.2, -0.15) is 0 Å². The summed E-state index contributed by atoms with van der Waals surface area (Å²) in [5, 5.41) is 0. The van der Waals surface area contributed by atoms with E-state index >= 15 is 0 Å². The molecular weight excluding hydrogens is 262 g/mol. The molecular formula is C14H15NO3S. The Morgan fingerprint density at radius 2 is 1.63 bits per heavy atom. The zero-order valence-corrected chi connectivity index (χ0v) is 11.6. The van der Waals surface area contributed by atoms with Crippen molar-refractivity contribution in [3.63, 3.8) is 0 Å². The fraction of sp³-hybridized carbons (Fsp3) is 0.143. The van der Waals surface area contributed by atoms with Crippen LogP contribution in [0.15, 0.2) is 53.4 Å². The summed E-state index contributed by atoms with van der Waals surface area (Å²) in [6.45, 7) is 0. The van der Waals surface area contributed by atoms with Gasteiger partial charge in [0.2, 0.25) is 0 Å². The summed E-state index contributed by atoms with van der Waals surface area (Å²) in [7, 11) is 1.80. The molecule has 0 unspecified atom stereocenters. The maximum atomic E-state index is 12.2. The van der Waals surface area contributed by atoms with Crippen molar-refractivity contribution in [1.82, 2.24) is 0 Å². The largest absolute Gasteiger partial charge is 0.497 e. The van der Waals surface area contributed by atoms with Gasteiger partial charge in [-0.05, 0) is 36.4 Å². The average Bonchev–Trinajstić information content (AvgIpc) is 2.48. The second-order valence-corrected chi connectivity index (χ2v) is 4.93. The third-order valence-electron chi connectivity index (χ3n) is 2.57. The third-order valence-corrected chi connectivity index (χ3v) is 3.73. The van der Waals surface area contributed by atoms with E-state index in [1.54, 1.807) is 26.4 Å². The molecule has 0 saturated heterocycles. The van der Waals surface area contributed by atoms with E-state index in [-0.39, 0.29) is 0 Å². The van der Waals surface area contributed by atoms with E-state index in [1.807, 2.05) is 36.4 Å². The minimum Gasteiger partial charge on any atom is -0.497 e. The van der Waals surface area contributed by atoms with Gasteiger partial charge in [-0.25, -0.2) is 4.21 Å². The Balaban J connectivity index is 2.16. The summed E-state index contributed by atoms with van der Waals surface area (Å²) in [6.07, 6.45) is 0. The third kappa shape index (κ3) is 3.26. The number of anilines is 1. The van der Waals surface area contributed by atoms with Crippen LogP contribution in [-0.2, 0) is 11.0 Å². The van der Waals surface area contributed by atoms with Gasteiger partial charge in [0, 0.05) is 5.69 Å². The molecule has 1 N–H and O–H groups in total. The molecule has 2 aromatic rings. The van der Waals surface area contributed by atoms with Crippen LogP contribution in [0.1, 0.15) is 0 Å². The molecule has 0 aromatic heterocycles. The molecule has 0 aliphatic rings. The van der Waals surface area contributed by atoms with Gasteiger partial charge in [0.05, 0.1) is 14.2 Å². The van der Waals surface area contributed by atoms with Gasteiger partial charge in [-0.1, -0.05) is 12.1 Å². The van der Waals surface area contributed by atoms with Gasteiger partial charge in [-0.15, -0.1) is 0 Å². The first-order valence-electron chi connectivity index (χ1n) is 5.70. The molecule has 0 heterocycles. The van der Waals surface area contributed by atoms with Gasteiger partial charge in [-0.3, -0.25) is 0 Å². The van der Waals surface area contributed by atoms with Crippen molar-refractivity contribution in [3.05, 3.63) is 48.5 Å². The van der Waals surface area contributed by atoms with Crippen LogP contribution in [0.25, 0.3) is 0 Å². The van der Waals surface area contributed by atoms with Crippen LogP contribution in [0.3, 0.4) is 0 Å². The molecule has 5 heteroatoms. The van der Waals surface area contributed by atoms with E-state index in [0.717, 1.165) is 11.4 Å². The highest BCUT2D eigenvalue weighted by Crippen LogP contribution is 2.23. The zero-order valence-electron chi connectivity index (χ0n) is 10.8. The van der Waals surface area contributed by atoms with E-state index < -0.39 is 11.0 Å². The summed E-state index contributed by atoms with van der Waals surface area (Å²) in [4.78, 5) is 0.612. The summed E-state index contributed by atoms with van der Waals surface area (Å²) in [6, 6.07) is 14.5. The maximum Gasteiger partial charge on any atom is 0.154 e. The first kappa shape index (κ1) is 13.4. The molecule has 0 spiro atoms. The van der Waals surface area contributed by atoms with Crippen LogP contribution in [0.2, 0.25) is 0 Å². The fourth-order valence-electron chi connectivity index (χ4n) is 1.59. The Kier molecular flexibility index (Phi) is 4.41. The summed E-state index contributed by atoms with van der Waals surface area (Å²) >= 11 is 0. The molecule has 0 aliphatic carbocycles. The molecule has 19 heavy (non-hydrogen) atoms. The molecule has 0 aliphatic heterocycles. The molecule has 1 atom stereocenters. The zero-order chi connectivity index (χ0) is 13.7. The highest BCUT2D eigenvalue weighted by Gasteiger charge is 2.09. The van der Waals surface area contributed by atoms with Crippen LogP contribution in [0.5, 0.6) is 11.5 Å². The van der Waals surface area contributed by atoms with E-state index in [9.17, 15) is 4.21 Å². The number of methoxy groups -OCH3 is 2. The van der Waals surface area contributed by atoms with Gasteiger partial charge < -0.3 is 14.2 Å². The normalized spacial score (nSPS) is 11.7. The first-order chi connectivity index (χ1) is 9.24. The SMILES string of the molecule is COc1ccc(N[S@@](=O)c2ccccc2OC)cc1. The predicted octanol–water partition coefficient (Wildman–Crippen LogP) is 2.84. The quantitative estimate of drug-likeness (QED) is 0.914. The average molecular weight is 277 g/mol. The molecule has 0 saturated carbocycles. The van der Waals surface area contributed by atoms with Crippen molar-refractivity contribution < 1.29 is 13.7 Å². The molecule has 0 fully saturated rings. The lowest BCUT2D eigenvalue weighted by Crippen LogP contribution is -2.06. The Hall–Kier alpha value is -2.01. The van der Waals surface area contributed by atoms with Gasteiger partial charge in [0.15, 0.2) is 11.0 Å². The molecule has 4 nitrogen and oxygen atoms in total. The second kappa shape index (κ2) is 6.24. The minimum atomic E-state index is -1.37. The van der Waals surface area contributed by atoms with Crippen molar-refractivity contribution in [2.24, 2.45) is 0 Å². The van der Waals surface area contributed by atoms with Crippen molar-refractivity contribution in [2.45, 2.75) is 4.90 Å². The van der Waals surface area contributed by atoms with Gasteiger partial charge >= 0.3 is 0 Å². The number of hydrogen-bond donors (Lipinski definition) is 1. The summed E-state index contributed by atoms with van der Waals surface area (Å²) in [5.74, 6) is 1.36. The van der Waals surface area contributed by atoms with E-state index in [2.05, 4.69) is 4.72 Å². The molecule has 100 valence electrons. The standard InChI is InChI=1S/C14H15NO3S/c1-17-12-9-7-11(8-10-12)15-19(16)14-6-4-3-5-13(14)18-2/h3-10,15H,1-2H3/t19-/m0/s1. The Bertz CT molecular complexity index is 569. The fourth-order valence-corrected chi connectivity index (χ4v) is 2.59. The Morgan fingerprint density at radius 3 is 2.26 bits per heavy atom. The van der Waals surface area contributed by atoms with Crippen molar-refractivity contribution >= 4 is 16.7 Å². The van der Waals surface area contributed by atoms with Crippen LogP contribution in [0.4, 0.5) is 5.69 Å². The number of rotatable bonds is 5. The number of ether oxygens (including phenoxy) is 2. The van der Waals surface area contributed by atoms with Crippen LogP contribution in [0, 0.1) is 0 Å². The van der Waals surface area contributed by atoms with Crippen LogP contribution >= 0.6 is 0 Å². The minimum absolute atomic E-state index is 0.599. The number of nitrogens with one attached hydrogen (secondary N) is 1. The van der Waals surface area contributed by atoms with Gasteiger partial charge in [0.25, 0.3) is 0 Å². The van der Waals surface area contributed by atoms with Gasteiger partial charge in [0.1, 0.15) is 16.4 Å². The molecule has 0 radical (unpaired) electrons. The van der Waals surface area contributed by atoms with E-state index in [0.29, 0.717) is 10.6 Å². The first-order valence-corrected chi connectivity index (χ1v) is 6.85. The molecule has 0 bridgehead atoms. The van der Waals surface area contributed by atoms with Crippen LogP contribution in [-0.4, -0.2) is 18.4 Å². The van der Waals surface area contributed by atoms with Crippen molar-refractivity contribution in [3.8, 4) is 11.5 Å². The Morgan fingerprint density at radius 1 is 0.947 bits per heavy atom. The lowest BCUT2D eigenvalue weighted by atomic mass is 10.3. The highest BCUT2D eigenvalue weighted by molar-refractivity contribution is 7.86. The van der Waals surface area contributed by atoms with Crippen molar-refractivity contribution in [1.29, 1.82) is 0 Å². The van der Waals surface area contributed by atoms with E-state index in [4.69, 9.17) is 9.47 Å². The molecule has 2 aromatic carbocycles. The molecule has 2 rings (SSSR count). The van der Waals surface area contributed by atoms with Crippen molar-refractivity contribution in [2.75, 3.05) is 18.9 Å². The number of benzene rings is 2. The maximum absolute atomic E-state index is 12.2. The summed E-state index contributed by atoms with van der Waals surface area (Å²) < 4.78 is 25.4. The highest BCUT2D eigenvalue weighted by atomic mass is 32.2. The topological polar surface area (TPSA) is 47.6 Å². The summed E-state index contributed by atoms with van der Waals surface area (Å²) in [5.41, 5.74) is 0.755. The monoisotopic (exact) mass is 277 g/mol. The second-order valence-electron chi connectivity index (χ2n) is 3.75. The van der Waals surface area contributed by atoms with Crippen LogP contribution < -0.4 is 14.2 Å².